The van der Waals surface area contributed by atoms with E-state index in [1.165, 1.54) is 5.56 Å². The van der Waals surface area contributed by atoms with Crippen LogP contribution in [0.4, 0.5) is 0 Å². The van der Waals surface area contributed by atoms with Gasteiger partial charge in [-0.05, 0) is 43.4 Å². The number of hydrogen-bond acceptors (Lipinski definition) is 3. The van der Waals surface area contributed by atoms with Crippen LogP contribution in [0.5, 0.6) is 0 Å². The number of carbonyl (C=O) groups excluding carboxylic acids is 1. The molecule has 0 unspecified atom stereocenters. The zero-order valence-electron chi connectivity index (χ0n) is 13.9. The SMILES string of the molecule is N#CC1(C(=O)NC2CCN(Cc3ccc(Cl)cc3)CC2)CCCC1. The third-order valence-corrected chi connectivity index (χ3v) is 5.60. The molecular weight excluding hydrogens is 322 g/mol. The third-order valence-electron chi connectivity index (χ3n) is 5.35. The lowest BCUT2D eigenvalue weighted by molar-refractivity contribution is -0.129. The second-order valence-electron chi connectivity index (χ2n) is 7.05. The summed E-state index contributed by atoms with van der Waals surface area (Å²) in [6.45, 7) is 2.85. The number of hydrogen-bond donors (Lipinski definition) is 1. The smallest absolute Gasteiger partial charge is 0.240 e. The lowest BCUT2D eigenvalue weighted by Gasteiger charge is -2.33. The maximum absolute atomic E-state index is 12.5. The van der Waals surface area contributed by atoms with Gasteiger partial charge in [-0.2, -0.15) is 5.26 Å². The second kappa shape index (κ2) is 7.55. The molecule has 0 bridgehead atoms. The lowest BCUT2D eigenvalue weighted by Crippen LogP contribution is -2.48. The summed E-state index contributed by atoms with van der Waals surface area (Å²) in [5.41, 5.74) is 0.497. The number of piperidine rings is 1. The van der Waals surface area contributed by atoms with Crippen molar-refractivity contribution in [1.29, 1.82) is 5.26 Å². The van der Waals surface area contributed by atoms with E-state index in [4.69, 9.17) is 11.6 Å². The van der Waals surface area contributed by atoms with E-state index in [2.05, 4.69) is 28.4 Å². The van der Waals surface area contributed by atoms with Gasteiger partial charge in [0.1, 0.15) is 5.41 Å². The van der Waals surface area contributed by atoms with E-state index >= 15 is 0 Å². The Hall–Kier alpha value is -1.57. The fourth-order valence-corrected chi connectivity index (χ4v) is 3.90. The second-order valence-corrected chi connectivity index (χ2v) is 7.49. The molecule has 0 radical (unpaired) electrons. The largest absolute Gasteiger partial charge is 0.352 e. The van der Waals surface area contributed by atoms with Crippen LogP contribution < -0.4 is 5.32 Å². The minimum absolute atomic E-state index is 0.0429. The van der Waals surface area contributed by atoms with E-state index in [0.29, 0.717) is 12.8 Å². The van der Waals surface area contributed by atoms with E-state index in [-0.39, 0.29) is 11.9 Å². The van der Waals surface area contributed by atoms with Crippen LogP contribution in [-0.4, -0.2) is 29.9 Å². The Bertz CT molecular complexity index is 608. The van der Waals surface area contributed by atoms with Gasteiger partial charge in [-0.3, -0.25) is 9.69 Å². The van der Waals surface area contributed by atoms with Crippen LogP contribution >= 0.6 is 11.6 Å². The van der Waals surface area contributed by atoms with Crippen molar-refractivity contribution in [2.45, 2.75) is 51.1 Å². The number of halogens is 1. The summed E-state index contributed by atoms with van der Waals surface area (Å²) in [7, 11) is 0. The first-order valence-electron chi connectivity index (χ1n) is 8.80. The van der Waals surface area contributed by atoms with Crippen LogP contribution in [0.15, 0.2) is 24.3 Å². The van der Waals surface area contributed by atoms with Gasteiger partial charge in [0.15, 0.2) is 0 Å². The van der Waals surface area contributed by atoms with Gasteiger partial charge >= 0.3 is 0 Å². The van der Waals surface area contributed by atoms with Crippen molar-refractivity contribution in [3.63, 3.8) is 0 Å². The molecule has 2 aliphatic rings. The molecule has 1 aromatic rings. The Morgan fingerprint density at radius 2 is 1.88 bits per heavy atom. The molecule has 1 aliphatic carbocycles. The molecule has 1 saturated carbocycles. The fourth-order valence-electron chi connectivity index (χ4n) is 3.78. The molecular formula is C19H24ClN3O. The van der Waals surface area contributed by atoms with Crippen LogP contribution in [-0.2, 0) is 11.3 Å². The third kappa shape index (κ3) is 3.91. The van der Waals surface area contributed by atoms with Crippen molar-refractivity contribution in [3.05, 3.63) is 34.9 Å². The number of nitrogens with zero attached hydrogens (tertiary/aromatic N) is 2. The topological polar surface area (TPSA) is 56.1 Å². The highest BCUT2D eigenvalue weighted by atomic mass is 35.5. The molecule has 1 saturated heterocycles. The zero-order chi connectivity index (χ0) is 17.0. The van der Waals surface area contributed by atoms with Gasteiger partial charge in [-0.1, -0.05) is 36.6 Å². The van der Waals surface area contributed by atoms with E-state index in [0.717, 1.165) is 50.3 Å². The van der Waals surface area contributed by atoms with Crippen LogP contribution in [0.25, 0.3) is 0 Å². The number of benzene rings is 1. The molecule has 3 rings (SSSR count). The van der Waals surface area contributed by atoms with Crippen LogP contribution in [0.3, 0.4) is 0 Å². The number of carbonyl (C=O) groups is 1. The van der Waals surface area contributed by atoms with Crippen molar-refractivity contribution in [2.75, 3.05) is 13.1 Å². The van der Waals surface area contributed by atoms with Crippen LogP contribution in [0.2, 0.25) is 5.02 Å². The lowest BCUT2D eigenvalue weighted by atomic mass is 9.86. The summed E-state index contributed by atoms with van der Waals surface area (Å²) in [5, 5.41) is 13.3. The highest BCUT2D eigenvalue weighted by molar-refractivity contribution is 6.30. The Morgan fingerprint density at radius 3 is 2.46 bits per heavy atom. The predicted octanol–water partition coefficient (Wildman–Crippen LogP) is 3.50. The maximum atomic E-state index is 12.5. The molecule has 24 heavy (non-hydrogen) atoms. The van der Waals surface area contributed by atoms with E-state index in [1.54, 1.807) is 0 Å². The monoisotopic (exact) mass is 345 g/mol. The Morgan fingerprint density at radius 1 is 1.25 bits per heavy atom. The average molecular weight is 346 g/mol. The molecule has 1 aliphatic heterocycles. The molecule has 2 fully saturated rings. The first-order chi connectivity index (χ1) is 11.6. The van der Waals surface area contributed by atoms with Crippen molar-refractivity contribution in [2.24, 2.45) is 5.41 Å². The van der Waals surface area contributed by atoms with Crippen molar-refractivity contribution in [3.8, 4) is 6.07 Å². The number of nitrogens with one attached hydrogen (secondary N) is 1. The molecule has 1 N–H and O–H groups in total. The first-order valence-corrected chi connectivity index (χ1v) is 9.18. The fraction of sp³-hybridized carbons (Fsp3) is 0.579. The molecule has 4 nitrogen and oxygen atoms in total. The number of likely N-dealkylation sites (tertiary alicyclic amines) is 1. The average Bonchev–Trinajstić information content (AvgIpc) is 3.09. The van der Waals surface area contributed by atoms with Gasteiger partial charge in [-0.15, -0.1) is 0 Å². The van der Waals surface area contributed by atoms with Crippen molar-refractivity contribution < 1.29 is 4.79 Å². The van der Waals surface area contributed by atoms with Crippen LogP contribution in [0.1, 0.15) is 44.1 Å². The van der Waals surface area contributed by atoms with Crippen molar-refractivity contribution in [1.82, 2.24) is 10.2 Å². The Kier molecular flexibility index (Phi) is 5.43. The van der Waals surface area contributed by atoms with Gasteiger partial charge in [-0.25, -0.2) is 0 Å². The van der Waals surface area contributed by atoms with Gasteiger partial charge < -0.3 is 5.32 Å². The minimum atomic E-state index is -0.763. The summed E-state index contributed by atoms with van der Waals surface area (Å²) >= 11 is 5.92. The standard InChI is InChI=1S/C19H24ClN3O/c20-16-5-3-15(4-6-16)13-23-11-7-17(8-12-23)22-18(24)19(14-21)9-1-2-10-19/h3-6,17H,1-2,7-13H2,(H,22,24). The zero-order valence-corrected chi connectivity index (χ0v) is 14.7. The molecule has 1 heterocycles. The Labute approximate surface area is 148 Å². The molecule has 0 spiro atoms. The molecule has 0 aromatic heterocycles. The van der Waals surface area contributed by atoms with Gasteiger partial charge in [0.25, 0.3) is 0 Å². The summed E-state index contributed by atoms with van der Waals surface area (Å²) in [6.07, 6.45) is 5.29. The number of amides is 1. The molecule has 1 amide bonds. The summed E-state index contributed by atoms with van der Waals surface area (Å²) < 4.78 is 0. The molecule has 128 valence electrons. The van der Waals surface area contributed by atoms with Crippen molar-refractivity contribution >= 4 is 17.5 Å². The summed E-state index contributed by atoms with van der Waals surface area (Å²) in [6, 6.07) is 10.5. The first kappa shape index (κ1) is 17.3. The number of nitriles is 1. The summed E-state index contributed by atoms with van der Waals surface area (Å²) in [4.78, 5) is 14.9. The van der Waals surface area contributed by atoms with Gasteiger partial charge in [0.05, 0.1) is 6.07 Å². The maximum Gasteiger partial charge on any atom is 0.240 e. The highest BCUT2D eigenvalue weighted by Crippen LogP contribution is 2.37. The van der Waals surface area contributed by atoms with E-state index in [9.17, 15) is 10.1 Å². The number of rotatable bonds is 4. The molecule has 1 aromatic carbocycles. The normalized spacial score (nSPS) is 21.3. The summed E-state index contributed by atoms with van der Waals surface area (Å²) in [5.74, 6) is -0.0429. The Balaban J connectivity index is 1.47. The van der Waals surface area contributed by atoms with Gasteiger partial charge in [0.2, 0.25) is 5.91 Å². The minimum Gasteiger partial charge on any atom is -0.352 e. The predicted molar refractivity (Wildman–Crippen MR) is 94.4 cm³/mol. The molecule has 5 heteroatoms. The highest BCUT2D eigenvalue weighted by Gasteiger charge is 2.42. The van der Waals surface area contributed by atoms with E-state index in [1.807, 2.05) is 12.1 Å². The quantitative estimate of drug-likeness (QED) is 0.908. The van der Waals surface area contributed by atoms with Gasteiger partial charge in [0, 0.05) is 30.7 Å². The van der Waals surface area contributed by atoms with Crippen LogP contribution in [0, 0.1) is 16.7 Å². The molecule has 0 atom stereocenters. The van der Waals surface area contributed by atoms with E-state index < -0.39 is 5.41 Å².